The molecule has 0 spiro atoms. The number of rotatable bonds is 6. The number of likely N-dealkylation sites (tertiary alicyclic amines) is 1. The summed E-state index contributed by atoms with van der Waals surface area (Å²) in [6.07, 6.45) is 2.86. The van der Waals surface area contributed by atoms with E-state index in [-0.39, 0.29) is 42.3 Å². The summed E-state index contributed by atoms with van der Waals surface area (Å²) in [4.78, 5) is 37.4. The summed E-state index contributed by atoms with van der Waals surface area (Å²) in [6.45, 7) is -0.125. The summed E-state index contributed by atoms with van der Waals surface area (Å²) in [7, 11) is -4.88. The molecule has 152 valence electrons. The van der Waals surface area contributed by atoms with Gasteiger partial charge in [0.1, 0.15) is 0 Å². The van der Waals surface area contributed by atoms with Crippen molar-refractivity contribution >= 4 is 33.2 Å². The van der Waals surface area contributed by atoms with Crippen molar-refractivity contribution in [1.82, 2.24) is 4.90 Å². The van der Waals surface area contributed by atoms with Gasteiger partial charge in [-0.3, -0.25) is 19.3 Å². The number of anilines is 1. The van der Waals surface area contributed by atoms with Crippen LogP contribution in [-0.4, -0.2) is 43.3 Å². The molecule has 1 aliphatic heterocycles. The number of nitrogens with one attached hydrogen (secondary N) is 1. The van der Waals surface area contributed by atoms with Gasteiger partial charge in [-0.1, -0.05) is 25.0 Å². The second-order valence-electron chi connectivity index (χ2n) is 6.93. The zero-order chi connectivity index (χ0) is 20.5. The first-order valence-electron chi connectivity index (χ1n) is 8.99. The first-order valence-corrected chi connectivity index (χ1v) is 10.5. The van der Waals surface area contributed by atoms with E-state index in [1.165, 1.54) is 18.2 Å². The molecule has 1 N–H and O–H groups in total. The van der Waals surface area contributed by atoms with Crippen LogP contribution in [0.2, 0.25) is 0 Å². The largest absolute Gasteiger partial charge is 0.341 e. The molecule has 0 bridgehead atoms. The van der Waals surface area contributed by atoms with Gasteiger partial charge in [0.25, 0.3) is 0 Å². The molecule has 3 rings (SSSR count). The van der Waals surface area contributed by atoms with Crippen LogP contribution in [-0.2, 0) is 24.2 Å². The zero-order valence-corrected chi connectivity index (χ0v) is 15.8. The van der Waals surface area contributed by atoms with Gasteiger partial charge in [0.2, 0.25) is 27.6 Å². The number of nitrogens with zero attached hydrogens (tertiary/aromatic N) is 1. The third-order valence-electron chi connectivity index (χ3n) is 5.20. The minimum Gasteiger partial charge on any atom is -0.325 e. The molecule has 0 aromatic heterocycles. The van der Waals surface area contributed by atoms with E-state index in [0.717, 1.165) is 23.8 Å². The molecular weight excluding hydrogens is 394 g/mol. The van der Waals surface area contributed by atoms with E-state index < -0.39 is 26.4 Å². The second kappa shape index (κ2) is 7.94. The third-order valence-corrected chi connectivity index (χ3v) is 6.64. The number of benzene rings is 1. The molecule has 1 aromatic rings. The summed E-state index contributed by atoms with van der Waals surface area (Å²) in [5.74, 6) is -5.48. The molecule has 1 saturated carbocycles. The summed E-state index contributed by atoms with van der Waals surface area (Å²) < 4.78 is 49.1. The van der Waals surface area contributed by atoms with Crippen LogP contribution >= 0.6 is 0 Å². The third kappa shape index (κ3) is 3.78. The Kier molecular flexibility index (Phi) is 5.78. The minimum atomic E-state index is -4.88. The highest BCUT2D eigenvalue weighted by molar-refractivity contribution is 7.91. The quantitative estimate of drug-likeness (QED) is 0.719. The topological polar surface area (TPSA) is 101 Å². The SMILES string of the molecule is O=C(CCN1C(=O)C2CCCCC2C1=O)Nc1ccccc1S(=O)(=O)C(F)F. The van der Waals surface area contributed by atoms with Gasteiger partial charge in [0.05, 0.1) is 22.4 Å². The Morgan fingerprint density at radius 1 is 1.11 bits per heavy atom. The fourth-order valence-corrected chi connectivity index (χ4v) is 4.68. The van der Waals surface area contributed by atoms with Gasteiger partial charge in [0, 0.05) is 13.0 Å². The monoisotopic (exact) mass is 414 g/mol. The summed E-state index contributed by atoms with van der Waals surface area (Å²) >= 11 is 0. The number of imide groups is 1. The van der Waals surface area contributed by atoms with Crippen LogP contribution in [0.1, 0.15) is 32.1 Å². The molecule has 2 aliphatic rings. The Hall–Kier alpha value is -2.36. The van der Waals surface area contributed by atoms with E-state index in [0.29, 0.717) is 12.8 Å². The van der Waals surface area contributed by atoms with Gasteiger partial charge >= 0.3 is 5.76 Å². The van der Waals surface area contributed by atoms with Crippen LogP contribution in [0.25, 0.3) is 0 Å². The number of para-hydroxylation sites is 1. The van der Waals surface area contributed by atoms with Crippen molar-refractivity contribution in [3.63, 3.8) is 0 Å². The van der Waals surface area contributed by atoms with Gasteiger partial charge < -0.3 is 5.32 Å². The molecule has 0 radical (unpaired) electrons. The standard InChI is InChI=1S/C18H20F2N2O5S/c19-18(20)28(26,27)14-8-4-3-7-13(14)21-15(23)9-10-22-16(24)11-5-1-2-6-12(11)17(22)25/h3-4,7-8,11-12,18H,1-2,5-6,9-10H2,(H,21,23). The second-order valence-corrected chi connectivity index (χ2v) is 8.81. The first kappa shape index (κ1) is 20.4. The van der Waals surface area contributed by atoms with Gasteiger partial charge in [-0.25, -0.2) is 8.42 Å². The van der Waals surface area contributed by atoms with E-state index in [4.69, 9.17) is 0 Å². The average molecular weight is 414 g/mol. The maximum atomic E-state index is 12.8. The highest BCUT2D eigenvalue weighted by Crippen LogP contribution is 2.38. The molecule has 2 fully saturated rings. The van der Waals surface area contributed by atoms with Crippen LogP contribution < -0.4 is 5.32 Å². The van der Waals surface area contributed by atoms with Gasteiger partial charge in [-0.15, -0.1) is 0 Å². The molecular formula is C18H20F2N2O5S. The van der Waals surface area contributed by atoms with Crippen LogP contribution in [0, 0.1) is 11.8 Å². The zero-order valence-electron chi connectivity index (χ0n) is 14.9. The van der Waals surface area contributed by atoms with Crippen molar-refractivity contribution in [3.8, 4) is 0 Å². The number of amides is 3. The lowest BCUT2D eigenvalue weighted by Gasteiger charge is -2.19. The lowest BCUT2D eigenvalue weighted by Crippen LogP contribution is -2.34. The average Bonchev–Trinajstić information content (AvgIpc) is 2.91. The van der Waals surface area contributed by atoms with E-state index >= 15 is 0 Å². The lowest BCUT2D eigenvalue weighted by molar-refractivity contribution is -0.140. The summed E-state index contributed by atoms with van der Waals surface area (Å²) in [5, 5.41) is 2.29. The maximum absolute atomic E-state index is 12.8. The molecule has 1 aliphatic carbocycles. The molecule has 2 unspecified atom stereocenters. The fourth-order valence-electron chi connectivity index (χ4n) is 3.79. The Balaban J connectivity index is 1.66. The lowest BCUT2D eigenvalue weighted by atomic mass is 9.81. The van der Waals surface area contributed by atoms with Crippen molar-refractivity contribution < 1.29 is 31.6 Å². The summed E-state index contributed by atoms with van der Waals surface area (Å²) in [5.41, 5.74) is -0.263. The predicted octanol–water partition coefficient (Wildman–Crippen LogP) is 2.19. The molecule has 28 heavy (non-hydrogen) atoms. The molecule has 3 amide bonds. The Labute approximate surface area is 161 Å². The Bertz CT molecular complexity index is 879. The maximum Gasteiger partial charge on any atom is 0.341 e. The van der Waals surface area contributed by atoms with E-state index in [9.17, 15) is 31.6 Å². The number of fused-ring (bicyclic) bond motifs is 1. The van der Waals surface area contributed by atoms with Crippen molar-refractivity contribution in [2.75, 3.05) is 11.9 Å². The molecule has 10 heteroatoms. The van der Waals surface area contributed by atoms with Crippen LogP contribution in [0.3, 0.4) is 0 Å². The van der Waals surface area contributed by atoms with Crippen LogP contribution in [0.5, 0.6) is 0 Å². The van der Waals surface area contributed by atoms with Crippen LogP contribution in [0.15, 0.2) is 29.2 Å². The van der Waals surface area contributed by atoms with Crippen molar-refractivity contribution in [3.05, 3.63) is 24.3 Å². The first-order chi connectivity index (χ1) is 13.2. The highest BCUT2D eigenvalue weighted by atomic mass is 32.2. The smallest absolute Gasteiger partial charge is 0.325 e. The fraction of sp³-hybridized carbons (Fsp3) is 0.500. The molecule has 2 atom stereocenters. The van der Waals surface area contributed by atoms with E-state index in [1.807, 2.05) is 0 Å². The minimum absolute atomic E-state index is 0.125. The summed E-state index contributed by atoms with van der Waals surface area (Å²) in [6, 6.07) is 4.86. The van der Waals surface area contributed by atoms with Crippen molar-refractivity contribution in [2.24, 2.45) is 11.8 Å². The van der Waals surface area contributed by atoms with Crippen molar-refractivity contribution in [2.45, 2.75) is 42.8 Å². The number of carbonyl (C=O) groups excluding carboxylic acids is 3. The van der Waals surface area contributed by atoms with Crippen molar-refractivity contribution in [1.29, 1.82) is 0 Å². The van der Waals surface area contributed by atoms with E-state index in [2.05, 4.69) is 5.32 Å². The van der Waals surface area contributed by atoms with Gasteiger partial charge in [-0.2, -0.15) is 8.78 Å². The number of hydrogen-bond donors (Lipinski definition) is 1. The highest BCUT2D eigenvalue weighted by Gasteiger charge is 2.47. The number of hydrogen-bond acceptors (Lipinski definition) is 5. The van der Waals surface area contributed by atoms with Crippen LogP contribution in [0.4, 0.5) is 14.5 Å². The van der Waals surface area contributed by atoms with Gasteiger partial charge in [-0.05, 0) is 25.0 Å². The number of carbonyl (C=O) groups is 3. The molecule has 7 nitrogen and oxygen atoms in total. The normalized spacial score (nSPS) is 22.5. The molecule has 1 saturated heterocycles. The number of alkyl halides is 2. The van der Waals surface area contributed by atoms with Gasteiger partial charge in [0.15, 0.2) is 0 Å². The number of halogens is 2. The molecule has 1 aromatic carbocycles. The van der Waals surface area contributed by atoms with E-state index in [1.54, 1.807) is 0 Å². The Morgan fingerprint density at radius 2 is 1.68 bits per heavy atom. The predicted molar refractivity (Wildman–Crippen MR) is 95.0 cm³/mol. The number of sulfone groups is 1. The Morgan fingerprint density at radius 3 is 2.25 bits per heavy atom. The molecule has 1 heterocycles.